The monoisotopic (exact) mass is 431 g/mol. The van der Waals surface area contributed by atoms with Crippen LogP contribution in [-0.2, 0) is 11.3 Å². The zero-order chi connectivity index (χ0) is 21.6. The van der Waals surface area contributed by atoms with E-state index in [0.717, 1.165) is 50.0 Å². The van der Waals surface area contributed by atoms with Crippen molar-refractivity contribution >= 4 is 16.6 Å². The van der Waals surface area contributed by atoms with Gasteiger partial charge in [-0.1, -0.05) is 12.0 Å². The van der Waals surface area contributed by atoms with Crippen LogP contribution in [0.1, 0.15) is 38.3 Å². The second kappa shape index (κ2) is 7.75. The highest BCUT2D eigenvalue weighted by molar-refractivity contribution is 5.94. The fourth-order valence-corrected chi connectivity index (χ4v) is 5.44. The number of hydrogen-bond acceptors (Lipinski definition) is 3. The van der Waals surface area contributed by atoms with E-state index in [9.17, 15) is 13.2 Å². The maximum absolute atomic E-state index is 13.2. The molecule has 31 heavy (non-hydrogen) atoms. The van der Waals surface area contributed by atoms with Gasteiger partial charge in [-0.05, 0) is 56.7 Å². The third kappa shape index (κ3) is 4.04. The molecule has 4 nitrogen and oxygen atoms in total. The molecule has 7 heteroatoms. The van der Waals surface area contributed by atoms with Gasteiger partial charge in [0.2, 0.25) is 0 Å². The van der Waals surface area contributed by atoms with Crippen LogP contribution in [0, 0.1) is 17.3 Å². The summed E-state index contributed by atoms with van der Waals surface area (Å²) in [5.41, 5.74) is 2.32. The second-order valence-electron chi connectivity index (χ2n) is 9.39. The molecule has 1 N–H and O–H groups in total. The summed E-state index contributed by atoms with van der Waals surface area (Å²) >= 11 is 0. The molecule has 2 aromatic rings. The summed E-state index contributed by atoms with van der Waals surface area (Å²) in [7, 11) is 0. The largest absolute Gasteiger partial charge is 0.406 e. The molecule has 5 rings (SSSR count). The minimum Gasteiger partial charge on any atom is -0.382 e. The molecule has 1 aromatic carbocycles. The van der Waals surface area contributed by atoms with Crippen LogP contribution >= 0.6 is 0 Å². The number of likely N-dealkylation sites (tertiary alicyclic amines) is 1. The van der Waals surface area contributed by atoms with Crippen molar-refractivity contribution in [3.63, 3.8) is 0 Å². The van der Waals surface area contributed by atoms with Crippen LogP contribution in [0.15, 0.2) is 24.3 Å². The Kier molecular flexibility index (Phi) is 5.18. The number of benzene rings is 1. The molecule has 0 radical (unpaired) electrons. The van der Waals surface area contributed by atoms with Gasteiger partial charge in [-0.3, -0.25) is 4.90 Å². The van der Waals surface area contributed by atoms with Crippen LogP contribution in [0.4, 0.5) is 18.9 Å². The van der Waals surface area contributed by atoms with Gasteiger partial charge in [0.15, 0.2) is 0 Å². The first-order valence-corrected chi connectivity index (χ1v) is 11.1. The minimum absolute atomic E-state index is 0.343. The average Bonchev–Trinajstić information content (AvgIpc) is 2.98. The van der Waals surface area contributed by atoms with E-state index in [1.165, 1.54) is 17.7 Å². The summed E-state index contributed by atoms with van der Waals surface area (Å²) < 4.78 is 46.1. The van der Waals surface area contributed by atoms with E-state index in [1.54, 1.807) is 19.1 Å². The third-order valence-electron chi connectivity index (χ3n) is 7.00. The Morgan fingerprint density at radius 3 is 2.52 bits per heavy atom. The molecular weight excluding hydrogens is 403 g/mol. The fourth-order valence-electron chi connectivity index (χ4n) is 5.44. The SMILES string of the molecule is CC#Cc1cc2c(NC3CCC(N4CC5(COC5)C4)CC3)cccc2n1CC(F)(F)F. The Hall–Kier alpha value is -2.17. The summed E-state index contributed by atoms with van der Waals surface area (Å²) in [6, 6.07) is 8.31. The molecule has 3 heterocycles. The van der Waals surface area contributed by atoms with Crippen LogP contribution in [0.5, 0.6) is 0 Å². The molecule has 1 saturated carbocycles. The number of rotatable bonds is 4. The van der Waals surface area contributed by atoms with Crippen LogP contribution in [-0.4, -0.2) is 54.0 Å². The number of nitrogens with zero attached hydrogens (tertiary/aromatic N) is 2. The number of halogens is 3. The quantitative estimate of drug-likeness (QED) is 0.716. The molecule has 166 valence electrons. The average molecular weight is 432 g/mol. The first-order chi connectivity index (χ1) is 14.9. The Balaban J connectivity index is 1.28. The number of alkyl halides is 3. The second-order valence-corrected chi connectivity index (χ2v) is 9.39. The number of nitrogens with one attached hydrogen (secondary N) is 1. The molecular formula is C24H28F3N3O. The predicted molar refractivity (Wildman–Crippen MR) is 115 cm³/mol. The van der Waals surface area contributed by atoms with Gasteiger partial charge in [0.1, 0.15) is 6.54 Å². The van der Waals surface area contributed by atoms with Gasteiger partial charge >= 0.3 is 6.18 Å². The van der Waals surface area contributed by atoms with Crippen LogP contribution in [0.2, 0.25) is 0 Å². The normalized spacial score (nSPS) is 25.5. The van der Waals surface area contributed by atoms with Crippen molar-refractivity contribution in [2.45, 2.75) is 57.4 Å². The Labute approximate surface area is 180 Å². The Morgan fingerprint density at radius 1 is 1.16 bits per heavy atom. The van der Waals surface area contributed by atoms with E-state index < -0.39 is 12.7 Å². The van der Waals surface area contributed by atoms with Gasteiger partial charge in [0.05, 0.1) is 24.4 Å². The van der Waals surface area contributed by atoms with Crippen LogP contribution < -0.4 is 5.32 Å². The molecule has 0 unspecified atom stereocenters. The van der Waals surface area contributed by atoms with Gasteiger partial charge in [-0.2, -0.15) is 13.2 Å². The number of aromatic nitrogens is 1. The standard InChI is InChI=1S/C24H28F3N3O/c1-2-4-19-11-20-21(5-3-6-22(20)30(19)14-24(25,26)27)28-17-7-9-18(10-8-17)29-12-23(13-29)15-31-16-23/h3,5-6,11,17-18,28H,7-10,12-16H2,1H3. The highest BCUT2D eigenvalue weighted by Gasteiger charge is 2.50. The van der Waals surface area contributed by atoms with Crippen molar-refractivity contribution in [2.75, 3.05) is 31.6 Å². The lowest BCUT2D eigenvalue weighted by Crippen LogP contribution is -2.68. The highest BCUT2D eigenvalue weighted by atomic mass is 19.4. The summed E-state index contributed by atoms with van der Waals surface area (Å²) in [4.78, 5) is 2.60. The lowest BCUT2D eigenvalue weighted by molar-refractivity contribution is -0.200. The van der Waals surface area contributed by atoms with Crippen molar-refractivity contribution in [3.05, 3.63) is 30.0 Å². The number of hydrogen-bond donors (Lipinski definition) is 1. The molecule has 1 aliphatic carbocycles. The minimum atomic E-state index is -4.29. The maximum Gasteiger partial charge on any atom is 0.406 e. The van der Waals surface area contributed by atoms with Crippen LogP contribution in [0.25, 0.3) is 10.9 Å². The van der Waals surface area contributed by atoms with E-state index in [0.29, 0.717) is 28.7 Å². The molecule has 0 atom stereocenters. The number of ether oxygens (including phenoxy) is 1. The lowest BCUT2D eigenvalue weighted by atomic mass is 9.75. The van der Waals surface area contributed by atoms with Crippen molar-refractivity contribution in [2.24, 2.45) is 5.41 Å². The molecule has 2 saturated heterocycles. The van der Waals surface area contributed by atoms with Gasteiger partial charge < -0.3 is 14.6 Å². The predicted octanol–water partition coefficient (Wildman–Crippen LogP) is 4.63. The highest BCUT2D eigenvalue weighted by Crippen LogP contribution is 2.41. The zero-order valence-electron chi connectivity index (χ0n) is 17.8. The van der Waals surface area contributed by atoms with E-state index in [-0.39, 0.29) is 0 Å². The first-order valence-electron chi connectivity index (χ1n) is 11.1. The van der Waals surface area contributed by atoms with Crippen molar-refractivity contribution < 1.29 is 17.9 Å². The molecule has 1 spiro atoms. The topological polar surface area (TPSA) is 29.4 Å². The molecule has 3 aliphatic rings. The molecule has 3 fully saturated rings. The smallest absolute Gasteiger partial charge is 0.382 e. The summed E-state index contributed by atoms with van der Waals surface area (Å²) in [5.74, 6) is 5.58. The van der Waals surface area contributed by atoms with Gasteiger partial charge in [-0.15, -0.1) is 0 Å². The molecule has 0 bridgehead atoms. The lowest BCUT2D eigenvalue weighted by Gasteiger charge is -2.58. The van der Waals surface area contributed by atoms with E-state index >= 15 is 0 Å². The third-order valence-corrected chi connectivity index (χ3v) is 7.00. The van der Waals surface area contributed by atoms with E-state index in [2.05, 4.69) is 22.1 Å². The molecule has 2 aliphatic heterocycles. The summed E-state index contributed by atoms with van der Waals surface area (Å²) in [6.07, 6.45) is 0.176. The Bertz CT molecular complexity index is 1010. The van der Waals surface area contributed by atoms with E-state index in [4.69, 9.17) is 4.74 Å². The van der Waals surface area contributed by atoms with Crippen molar-refractivity contribution in [1.29, 1.82) is 0 Å². The number of fused-ring (bicyclic) bond motifs is 1. The Morgan fingerprint density at radius 2 is 1.90 bits per heavy atom. The summed E-state index contributed by atoms with van der Waals surface area (Å²) in [6.45, 7) is 4.79. The van der Waals surface area contributed by atoms with Crippen molar-refractivity contribution in [1.82, 2.24) is 9.47 Å². The van der Waals surface area contributed by atoms with Gasteiger partial charge in [0.25, 0.3) is 0 Å². The van der Waals surface area contributed by atoms with Crippen LogP contribution in [0.3, 0.4) is 0 Å². The first kappa shape index (κ1) is 20.7. The van der Waals surface area contributed by atoms with Gasteiger partial charge in [0, 0.05) is 41.7 Å². The number of anilines is 1. The molecule has 0 amide bonds. The molecule has 1 aromatic heterocycles. The summed E-state index contributed by atoms with van der Waals surface area (Å²) in [5, 5.41) is 4.43. The zero-order valence-corrected chi connectivity index (χ0v) is 17.8. The maximum atomic E-state index is 13.2. The van der Waals surface area contributed by atoms with Gasteiger partial charge in [-0.25, -0.2) is 0 Å². The van der Waals surface area contributed by atoms with Crippen molar-refractivity contribution in [3.8, 4) is 11.8 Å². The van der Waals surface area contributed by atoms with E-state index in [1.807, 2.05) is 12.1 Å². The fraction of sp³-hybridized carbons (Fsp3) is 0.583.